The lowest BCUT2D eigenvalue weighted by molar-refractivity contribution is 0.185. The lowest BCUT2D eigenvalue weighted by Gasteiger charge is -2.26. The van der Waals surface area contributed by atoms with Crippen LogP contribution in [0.15, 0.2) is 24.3 Å². The molecular weight excluding hydrogens is 238 g/mol. The van der Waals surface area contributed by atoms with E-state index in [-0.39, 0.29) is 13.2 Å². The van der Waals surface area contributed by atoms with E-state index in [0.29, 0.717) is 6.04 Å². The first-order chi connectivity index (χ1) is 9.19. The Bertz CT molecular complexity index is 432. The molecule has 0 aliphatic heterocycles. The molecule has 0 aliphatic rings. The van der Waals surface area contributed by atoms with Crippen LogP contribution in [0.3, 0.4) is 0 Å². The first kappa shape index (κ1) is 15.7. The summed E-state index contributed by atoms with van der Waals surface area (Å²) in [5, 5.41) is 17.7. The van der Waals surface area contributed by atoms with Gasteiger partial charge in [0.05, 0.1) is 0 Å². The third-order valence-electron chi connectivity index (χ3n) is 3.03. The number of rotatable bonds is 6. The van der Waals surface area contributed by atoms with Crippen LogP contribution in [0.2, 0.25) is 0 Å². The molecule has 0 amide bonds. The van der Waals surface area contributed by atoms with E-state index in [2.05, 4.69) is 36.7 Å². The van der Waals surface area contributed by atoms with E-state index in [1.54, 1.807) is 0 Å². The van der Waals surface area contributed by atoms with Gasteiger partial charge in [0.25, 0.3) is 0 Å². The average Bonchev–Trinajstić information content (AvgIpc) is 2.41. The molecule has 2 N–H and O–H groups in total. The molecule has 1 aromatic carbocycles. The molecule has 3 nitrogen and oxygen atoms in total. The molecule has 0 saturated carbocycles. The van der Waals surface area contributed by atoms with Crippen molar-refractivity contribution >= 4 is 0 Å². The minimum atomic E-state index is -0.118. The van der Waals surface area contributed by atoms with Crippen LogP contribution in [-0.4, -0.2) is 40.9 Å². The van der Waals surface area contributed by atoms with Gasteiger partial charge in [-0.3, -0.25) is 4.90 Å². The monoisotopic (exact) mass is 261 g/mol. The van der Waals surface area contributed by atoms with Crippen molar-refractivity contribution in [3.05, 3.63) is 35.4 Å². The topological polar surface area (TPSA) is 43.7 Å². The Hall–Kier alpha value is -1.34. The number of nitrogens with zero attached hydrogens (tertiary/aromatic N) is 1. The predicted molar refractivity (Wildman–Crippen MR) is 77.7 cm³/mol. The summed E-state index contributed by atoms with van der Waals surface area (Å²) in [4.78, 5) is 2.32. The van der Waals surface area contributed by atoms with Crippen LogP contribution in [0.4, 0.5) is 0 Å². The molecule has 0 fully saturated rings. The van der Waals surface area contributed by atoms with Gasteiger partial charge in [-0.15, -0.1) is 0 Å². The summed E-state index contributed by atoms with van der Waals surface area (Å²) in [5.41, 5.74) is 2.13. The maximum absolute atomic E-state index is 8.96. The van der Waals surface area contributed by atoms with Crippen LogP contribution in [0.25, 0.3) is 0 Å². The molecule has 1 rings (SSSR count). The summed E-state index contributed by atoms with van der Waals surface area (Å²) in [6, 6.07) is 8.42. The lowest BCUT2D eigenvalue weighted by Crippen LogP contribution is -2.32. The fourth-order valence-corrected chi connectivity index (χ4v) is 1.93. The highest BCUT2D eigenvalue weighted by Crippen LogP contribution is 2.13. The highest BCUT2D eigenvalue weighted by Gasteiger charge is 2.11. The molecule has 0 aliphatic carbocycles. The quantitative estimate of drug-likeness (QED) is 0.765. The van der Waals surface area contributed by atoms with E-state index in [0.717, 1.165) is 30.6 Å². The van der Waals surface area contributed by atoms with Crippen LogP contribution in [-0.2, 0) is 6.54 Å². The Morgan fingerprint density at radius 3 is 2.58 bits per heavy atom. The van der Waals surface area contributed by atoms with Gasteiger partial charge in [0.2, 0.25) is 0 Å². The van der Waals surface area contributed by atoms with Crippen molar-refractivity contribution in [3.63, 3.8) is 0 Å². The minimum absolute atomic E-state index is 0.118. The normalized spacial score (nSPS) is 10.6. The maximum Gasteiger partial charge on any atom is 0.104 e. The minimum Gasteiger partial charge on any atom is -0.396 e. The smallest absolute Gasteiger partial charge is 0.104 e. The van der Waals surface area contributed by atoms with Gasteiger partial charge < -0.3 is 10.2 Å². The van der Waals surface area contributed by atoms with Crippen LogP contribution in [0.1, 0.15) is 31.4 Å². The van der Waals surface area contributed by atoms with Crippen LogP contribution in [0, 0.1) is 11.8 Å². The largest absolute Gasteiger partial charge is 0.396 e. The van der Waals surface area contributed by atoms with Crippen molar-refractivity contribution < 1.29 is 10.2 Å². The standard InChI is InChI=1S/C16H23NO2/c1-14(2)17(10-6-12-19)13-16-8-4-3-7-15(16)9-5-11-18/h3-4,7-8,14,18-19H,6,10-13H2,1-2H3. The molecule has 104 valence electrons. The van der Waals surface area contributed by atoms with E-state index in [4.69, 9.17) is 10.2 Å². The highest BCUT2D eigenvalue weighted by molar-refractivity contribution is 5.41. The molecule has 0 saturated heterocycles. The summed E-state index contributed by atoms with van der Waals surface area (Å²) in [6.07, 6.45) is 0.780. The van der Waals surface area contributed by atoms with Gasteiger partial charge in [0.1, 0.15) is 6.61 Å². The maximum atomic E-state index is 8.96. The summed E-state index contributed by atoms with van der Waals surface area (Å²) in [5.74, 6) is 5.68. The molecule has 0 heterocycles. The number of hydrogen-bond acceptors (Lipinski definition) is 3. The van der Waals surface area contributed by atoms with E-state index in [9.17, 15) is 0 Å². The Morgan fingerprint density at radius 2 is 1.95 bits per heavy atom. The van der Waals surface area contributed by atoms with Crippen LogP contribution < -0.4 is 0 Å². The van der Waals surface area contributed by atoms with Gasteiger partial charge in [-0.05, 0) is 31.9 Å². The lowest BCUT2D eigenvalue weighted by atomic mass is 10.1. The third-order valence-corrected chi connectivity index (χ3v) is 3.03. The second kappa shape index (κ2) is 8.71. The number of aliphatic hydroxyl groups excluding tert-OH is 2. The van der Waals surface area contributed by atoms with Crippen molar-refractivity contribution in [1.82, 2.24) is 4.90 Å². The van der Waals surface area contributed by atoms with E-state index < -0.39 is 0 Å². The number of benzene rings is 1. The fraction of sp³-hybridized carbons (Fsp3) is 0.500. The molecule has 1 aromatic rings. The van der Waals surface area contributed by atoms with Crippen molar-refractivity contribution in [3.8, 4) is 11.8 Å². The molecule has 3 heteroatoms. The second-order valence-corrected chi connectivity index (χ2v) is 4.76. The second-order valence-electron chi connectivity index (χ2n) is 4.76. The summed E-state index contributed by atoms with van der Waals surface area (Å²) >= 11 is 0. The van der Waals surface area contributed by atoms with Crippen LogP contribution >= 0.6 is 0 Å². The Kier molecular flexibility index (Phi) is 7.20. The summed E-state index contributed by atoms with van der Waals surface area (Å²) in [7, 11) is 0. The van der Waals surface area contributed by atoms with Gasteiger partial charge in [-0.2, -0.15) is 0 Å². The van der Waals surface area contributed by atoms with Crippen molar-refractivity contribution in [1.29, 1.82) is 0 Å². The fourth-order valence-electron chi connectivity index (χ4n) is 1.93. The SMILES string of the molecule is CC(C)N(CCCO)Cc1ccccc1C#CCO. The first-order valence-electron chi connectivity index (χ1n) is 6.71. The van der Waals surface area contributed by atoms with E-state index in [1.807, 2.05) is 18.2 Å². The van der Waals surface area contributed by atoms with Crippen LogP contribution in [0.5, 0.6) is 0 Å². The molecule has 0 aromatic heterocycles. The highest BCUT2D eigenvalue weighted by atomic mass is 16.3. The summed E-state index contributed by atoms with van der Waals surface area (Å²) < 4.78 is 0. The van der Waals surface area contributed by atoms with Crippen molar-refractivity contribution in [2.24, 2.45) is 0 Å². The number of hydrogen-bond donors (Lipinski definition) is 2. The van der Waals surface area contributed by atoms with Crippen molar-refractivity contribution in [2.75, 3.05) is 19.8 Å². The van der Waals surface area contributed by atoms with Gasteiger partial charge >= 0.3 is 0 Å². The molecule has 0 atom stereocenters. The molecule has 0 radical (unpaired) electrons. The average molecular weight is 261 g/mol. The summed E-state index contributed by atoms with van der Waals surface area (Å²) in [6.45, 7) is 6.09. The molecule has 0 bridgehead atoms. The Morgan fingerprint density at radius 1 is 1.21 bits per heavy atom. The third kappa shape index (κ3) is 5.44. The van der Waals surface area contributed by atoms with Gasteiger partial charge in [0, 0.05) is 31.3 Å². The zero-order valence-corrected chi connectivity index (χ0v) is 11.8. The van der Waals surface area contributed by atoms with Gasteiger partial charge in [-0.25, -0.2) is 0 Å². The van der Waals surface area contributed by atoms with E-state index >= 15 is 0 Å². The Labute approximate surface area is 115 Å². The van der Waals surface area contributed by atoms with Crippen molar-refractivity contribution in [2.45, 2.75) is 32.9 Å². The first-order valence-corrected chi connectivity index (χ1v) is 6.71. The van der Waals surface area contributed by atoms with Gasteiger partial charge in [0.15, 0.2) is 0 Å². The molecular formula is C16H23NO2. The molecule has 0 unspecified atom stereocenters. The zero-order valence-electron chi connectivity index (χ0n) is 11.8. The Balaban J connectivity index is 2.83. The molecule has 0 spiro atoms. The predicted octanol–water partition coefficient (Wildman–Crippen LogP) is 1.62. The van der Waals surface area contributed by atoms with Gasteiger partial charge in [-0.1, -0.05) is 30.0 Å². The number of aliphatic hydroxyl groups is 2. The van der Waals surface area contributed by atoms with E-state index in [1.165, 1.54) is 0 Å². The molecule has 19 heavy (non-hydrogen) atoms. The zero-order chi connectivity index (χ0) is 14.1.